The van der Waals surface area contributed by atoms with Crippen LogP contribution in [0.2, 0.25) is 5.02 Å². The van der Waals surface area contributed by atoms with Crippen molar-refractivity contribution in [1.82, 2.24) is 15.3 Å². The second-order valence-corrected chi connectivity index (χ2v) is 6.18. The number of carbonyl (C=O) groups excluding carboxylic acids is 1. The molecule has 0 radical (unpaired) electrons. The number of anilines is 2. The molecule has 0 unspecified atom stereocenters. The van der Waals surface area contributed by atoms with Crippen LogP contribution in [0.15, 0.2) is 48.5 Å². The van der Waals surface area contributed by atoms with E-state index >= 15 is 0 Å². The van der Waals surface area contributed by atoms with Gasteiger partial charge in [-0.05, 0) is 36.8 Å². The van der Waals surface area contributed by atoms with Crippen LogP contribution < -0.4 is 10.6 Å². The number of halogens is 3. The van der Waals surface area contributed by atoms with E-state index in [0.29, 0.717) is 17.4 Å². The van der Waals surface area contributed by atoms with Crippen molar-refractivity contribution in [2.24, 2.45) is 0 Å². The molecule has 1 heterocycles. The summed E-state index contributed by atoms with van der Waals surface area (Å²) < 4.78 is 26.8. The van der Waals surface area contributed by atoms with Crippen LogP contribution in [0.4, 0.5) is 20.3 Å². The molecule has 3 rings (SSSR count). The topological polar surface area (TPSA) is 66.9 Å². The Balaban J connectivity index is 1.73. The zero-order valence-electron chi connectivity index (χ0n) is 14.3. The molecular formula is C19H15ClF2N4O. The third-order valence-electron chi connectivity index (χ3n) is 3.63. The van der Waals surface area contributed by atoms with Crippen molar-refractivity contribution in [3.63, 3.8) is 0 Å². The van der Waals surface area contributed by atoms with Gasteiger partial charge in [-0.2, -0.15) is 0 Å². The molecule has 0 atom stereocenters. The number of benzene rings is 2. The van der Waals surface area contributed by atoms with E-state index in [9.17, 15) is 13.6 Å². The van der Waals surface area contributed by atoms with Crippen LogP contribution in [0.25, 0.3) is 0 Å². The molecule has 27 heavy (non-hydrogen) atoms. The van der Waals surface area contributed by atoms with Crippen molar-refractivity contribution >= 4 is 29.0 Å². The first-order valence-electron chi connectivity index (χ1n) is 8.01. The predicted octanol–water partition coefficient (Wildman–Crippen LogP) is 4.39. The van der Waals surface area contributed by atoms with Crippen molar-refractivity contribution in [3.05, 3.63) is 82.3 Å². The Labute approximate surface area is 159 Å². The van der Waals surface area contributed by atoms with Gasteiger partial charge < -0.3 is 10.6 Å². The summed E-state index contributed by atoms with van der Waals surface area (Å²) in [6.07, 6.45) is 0. The molecule has 0 aliphatic carbocycles. The van der Waals surface area contributed by atoms with Crippen molar-refractivity contribution in [1.29, 1.82) is 0 Å². The summed E-state index contributed by atoms with van der Waals surface area (Å²) in [5, 5.41) is 6.09. The smallest absolute Gasteiger partial charge is 0.270 e. The third kappa shape index (κ3) is 4.98. The van der Waals surface area contributed by atoms with E-state index in [1.165, 1.54) is 12.1 Å². The largest absolute Gasteiger partial charge is 0.347 e. The Morgan fingerprint density at radius 1 is 1.07 bits per heavy atom. The van der Waals surface area contributed by atoms with E-state index in [-0.39, 0.29) is 17.2 Å². The maximum Gasteiger partial charge on any atom is 0.270 e. The molecular weight excluding hydrogens is 374 g/mol. The van der Waals surface area contributed by atoms with Crippen LogP contribution in [0.1, 0.15) is 21.9 Å². The first kappa shape index (κ1) is 18.7. The maximum absolute atomic E-state index is 13.8. The second kappa shape index (κ2) is 8.09. The van der Waals surface area contributed by atoms with E-state index < -0.39 is 17.5 Å². The number of carbonyl (C=O) groups is 1. The highest BCUT2D eigenvalue weighted by Gasteiger charge is 2.12. The van der Waals surface area contributed by atoms with Crippen molar-refractivity contribution < 1.29 is 13.6 Å². The normalized spacial score (nSPS) is 10.5. The van der Waals surface area contributed by atoms with Gasteiger partial charge >= 0.3 is 0 Å². The summed E-state index contributed by atoms with van der Waals surface area (Å²) in [4.78, 5) is 20.6. The zero-order chi connectivity index (χ0) is 19.4. The molecule has 8 heteroatoms. The summed E-state index contributed by atoms with van der Waals surface area (Å²) in [5.41, 5.74) is 1.05. The van der Waals surface area contributed by atoms with E-state index in [1.54, 1.807) is 31.2 Å². The molecule has 3 aromatic rings. The standard InChI is InChI=1S/C19H15ClF2N4O/c1-11-24-17(19(27)23-10-12-2-4-13(20)5-3-12)9-18(25-11)26-16-7-6-14(21)8-15(16)22/h2-9H,10H2,1H3,(H,23,27)(H,24,25,26). The maximum atomic E-state index is 13.8. The van der Waals surface area contributed by atoms with Gasteiger partial charge in [0.15, 0.2) is 0 Å². The van der Waals surface area contributed by atoms with Crippen LogP contribution in [0.5, 0.6) is 0 Å². The van der Waals surface area contributed by atoms with E-state index in [4.69, 9.17) is 11.6 Å². The van der Waals surface area contributed by atoms with Gasteiger partial charge in [0, 0.05) is 23.7 Å². The molecule has 0 spiro atoms. The molecule has 0 bridgehead atoms. The molecule has 2 aromatic carbocycles. The summed E-state index contributed by atoms with van der Waals surface area (Å²) >= 11 is 5.83. The number of amides is 1. The Morgan fingerprint density at radius 2 is 1.81 bits per heavy atom. The second-order valence-electron chi connectivity index (χ2n) is 5.74. The lowest BCUT2D eigenvalue weighted by molar-refractivity contribution is 0.0945. The molecule has 0 aliphatic heterocycles. The fraction of sp³-hybridized carbons (Fsp3) is 0.105. The minimum absolute atomic E-state index is 0.0435. The average Bonchev–Trinajstić information content (AvgIpc) is 2.63. The lowest BCUT2D eigenvalue weighted by Crippen LogP contribution is -2.24. The number of nitrogens with zero attached hydrogens (tertiary/aromatic N) is 2. The summed E-state index contributed by atoms with van der Waals surface area (Å²) in [7, 11) is 0. The summed E-state index contributed by atoms with van der Waals surface area (Å²) in [6.45, 7) is 1.91. The van der Waals surface area contributed by atoms with Gasteiger partial charge in [-0.25, -0.2) is 18.7 Å². The lowest BCUT2D eigenvalue weighted by Gasteiger charge is -2.10. The van der Waals surface area contributed by atoms with E-state index in [1.807, 2.05) is 0 Å². The molecule has 1 amide bonds. The first-order chi connectivity index (χ1) is 12.9. The molecule has 0 saturated heterocycles. The van der Waals surface area contributed by atoms with Crippen molar-refractivity contribution in [2.75, 3.05) is 5.32 Å². The van der Waals surface area contributed by atoms with Crippen LogP contribution in [0.3, 0.4) is 0 Å². The van der Waals surface area contributed by atoms with Crippen LogP contribution in [-0.4, -0.2) is 15.9 Å². The highest BCUT2D eigenvalue weighted by molar-refractivity contribution is 6.30. The average molecular weight is 389 g/mol. The minimum Gasteiger partial charge on any atom is -0.347 e. The molecule has 2 N–H and O–H groups in total. The van der Waals surface area contributed by atoms with Crippen LogP contribution in [-0.2, 0) is 6.54 Å². The highest BCUT2D eigenvalue weighted by Crippen LogP contribution is 2.20. The third-order valence-corrected chi connectivity index (χ3v) is 3.88. The first-order valence-corrected chi connectivity index (χ1v) is 8.39. The number of aryl methyl sites for hydroxylation is 1. The van der Waals surface area contributed by atoms with Gasteiger partial charge in [0.2, 0.25) is 0 Å². The summed E-state index contributed by atoms with van der Waals surface area (Å²) in [5.74, 6) is -1.29. The molecule has 1 aromatic heterocycles. The highest BCUT2D eigenvalue weighted by atomic mass is 35.5. The Hall–Kier alpha value is -3.06. The molecule has 5 nitrogen and oxygen atoms in total. The van der Waals surface area contributed by atoms with Crippen molar-refractivity contribution in [3.8, 4) is 0 Å². The van der Waals surface area contributed by atoms with Gasteiger partial charge in [-0.1, -0.05) is 23.7 Å². The van der Waals surface area contributed by atoms with Gasteiger partial charge in [0.25, 0.3) is 5.91 Å². The fourth-order valence-corrected chi connectivity index (χ4v) is 2.48. The SMILES string of the molecule is Cc1nc(Nc2ccc(F)cc2F)cc(C(=O)NCc2ccc(Cl)cc2)n1. The fourth-order valence-electron chi connectivity index (χ4n) is 2.35. The van der Waals surface area contributed by atoms with Crippen LogP contribution in [0, 0.1) is 18.6 Å². The Kier molecular flexibility index (Phi) is 5.61. The Morgan fingerprint density at radius 3 is 2.52 bits per heavy atom. The lowest BCUT2D eigenvalue weighted by atomic mass is 10.2. The van der Waals surface area contributed by atoms with E-state index in [2.05, 4.69) is 20.6 Å². The van der Waals surface area contributed by atoms with Gasteiger partial charge in [-0.3, -0.25) is 4.79 Å². The zero-order valence-corrected chi connectivity index (χ0v) is 15.0. The Bertz CT molecular complexity index is 980. The summed E-state index contributed by atoms with van der Waals surface area (Å²) in [6, 6.07) is 11.6. The number of aromatic nitrogens is 2. The number of hydrogen-bond acceptors (Lipinski definition) is 4. The van der Waals surface area contributed by atoms with E-state index in [0.717, 1.165) is 17.7 Å². The molecule has 138 valence electrons. The van der Waals surface area contributed by atoms with Crippen LogP contribution >= 0.6 is 11.6 Å². The molecule has 0 aliphatic rings. The quantitative estimate of drug-likeness (QED) is 0.680. The van der Waals surface area contributed by atoms with Gasteiger partial charge in [0.1, 0.15) is 29.0 Å². The number of hydrogen-bond donors (Lipinski definition) is 2. The number of nitrogens with one attached hydrogen (secondary N) is 2. The minimum atomic E-state index is -0.764. The van der Waals surface area contributed by atoms with Gasteiger partial charge in [-0.15, -0.1) is 0 Å². The van der Waals surface area contributed by atoms with Crippen molar-refractivity contribution in [2.45, 2.75) is 13.5 Å². The predicted molar refractivity (Wildman–Crippen MR) is 99.0 cm³/mol. The van der Waals surface area contributed by atoms with Gasteiger partial charge in [0.05, 0.1) is 5.69 Å². The molecule has 0 fully saturated rings. The monoisotopic (exact) mass is 388 g/mol. The number of rotatable bonds is 5. The molecule has 0 saturated carbocycles.